The highest BCUT2D eigenvalue weighted by Crippen LogP contribution is 2.60. The Morgan fingerprint density at radius 2 is 1.67 bits per heavy atom. The Hall–Kier alpha value is -1.51. The second kappa shape index (κ2) is 4.75. The van der Waals surface area contributed by atoms with Crippen molar-refractivity contribution in [1.82, 2.24) is 0 Å². The number of rotatable bonds is 4. The highest BCUT2D eigenvalue weighted by molar-refractivity contribution is 5.81. The summed E-state index contributed by atoms with van der Waals surface area (Å²) in [7, 11) is 1.90. The van der Waals surface area contributed by atoms with Crippen molar-refractivity contribution in [3.05, 3.63) is 23.8 Å². The highest BCUT2D eigenvalue weighted by Gasteiger charge is 2.51. The molecule has 4 fully saturated rings. The van der Waals surface area contributed by atoms with Gasteiger partial charge in [-0.05, 0) is 79.4 Å². The first-order valence-electron chi connectivity index (χ1n) is 8.25. The molecular formula is C18H24N2O. The molecule has 4 aliphatic carbocycles. The van der Waals surface area contributed by atoms with Gasteiger partial charge in [-0.25, -0.2) is 0 Å². The summed E-state index contributed by atoms with van der Waals surface area (Å²) < 4.78 is 0. The van der Waals surface area contributed by atoms with E-state index in [4.69, 9.17) is 0 Å². The summed E-state index contributed by atoms with van der Waals surface area (Å²) in [5.41, 5.74) is 3.75. The Morgan fingerprint density at radius 1 is 1.05 bits per heavy atom. The molecule has 0 saturated heterocycles. The van der Waals surface area contributed by atoms with Crippen molar-refractivity contribution in [2.45, 2.75) is 43.9 Å². The van der Waals surface area contributed by atoms with Crippen LogP contribution in [0.2, 0.25) is 0 Å². The van der Waals surface area contributed by atoms with E-state index in [-0.39, 0.29) is 0 Å². The van der Waals surface area contributed by atoms with E-state index in [9.17, 15) is 4.79 Å². The van der Waals surface area contributed by atoms with Gasteiger partial charge in [0.25, 0.3) is 0 Å². The first-order valence-corrected chi connectivity index (χ1v) is 8.25. The van der Waals surface area contributed by atoms with Crippen molar-refractivity contribution in [3.63, 3.8) is 0 Å². The number of anilines is 2. The number of hydrogen-bond donors (Lipinski definition) is 2. The van der Waals surface area contributed by atoms with E-state index in [1.165, 1.54) is 44.1 Å². The minimum Gasteiger partial charge on any atom is -0.386 e. The monoisotopic (exact) mass is 284 g/mol. The molecule has 0 aliphatic heterocycles. The molecule has 0 unspecified atom stereocenters. The number of carbonyl (C=O) groups is 1. The molecule has 4 aliphatic rings. The Bertz CT molecular complexity index is 531. The van der Waals surface area contributed by atoms with Gasteiger partial charge in [-0.2, -0.15) is 0 Å². The van der Waals surface area contributed by atoms with E-state index >= 15 is 0 Å². The quantitative estimate of drug-likeness (QED) is 0.826. The van der Waals surface area contributed by atoms with Crippen LogP contribution >= 0.6 is 0 Å². The maximum atomic E-state index is 10.9. The lowest BCUT2D eigenvalue weighted by Gasteiger charge is -2.57. The minimum atomic E-state index is 0.389. The molecule has 5 rings (SSSR count). The Labute approximate surface area is 126 Å². The standard InChI is InChI=1S/C18H24N2O/c1-19-16-3-2-15(7-17(16)20-11-21)18-8-12-4-13(9-18)6-14(5-12)10-18/h2-3,7,11-14,19H,4-6,8-10H2,1H3,(H,20,21). The van der Waals surface area contributed by atoms with Crippen LogP contribution in [0.1, 0.15) is 44.1 Å². The van der Waals surface area contributed by atoms with E-state index in [0.717, 1.165) is 35.5 Å². The van der Waals surface area contributed by atoms with Gasteiger partial charge in [0.15, 0.2) is 0 Å². The van der Waals surface area contributed by atoms with Crippen LogP contribution in [0.3, 0.4) is 0 Å². The van der Waals surface area contributed by atoms with E-state index < -0.39 is 0 Å². The maximum Gasteiger partial charge on any atom is 0.211 e. The molecule has 1 aromatic rings. The molecule has 112 valence electrons. The highest BCUT2D eigenvalue weighted by atomic mass is 16.1. The number of hydrogen-bond acceptors (Lipinski definition) is 2. The molecule has 0 heterocycles. The van der Waals surface area contributed by atoms with Crippen LogP contribution < -0.4 is 10.6 Å². The molecule has 1 amide bonds. The van der Waals surface area contributed by atoms with Crippen LogP contribution in [0.25, 0.3) is 0 Å². The third-order valence-electron chi connectivity index (χ3n) is 6.15. The average molecular weight is 284 g/mol. The second-order valence-corrected chi connectivity index (χ2v) is 7.47. The third kappa shape index (κ3) is 2.05. The lowest BCUT2D eigenvalue weighted by Crippen LogP contribution is -2.48. The summed E-state index contributed by atoms with van der Waals surface area (Å²) in [6, 6.07) is 6.63. The summed E-state index contributed by atoms with van der Waals surface area (Å²) in [5.74, 6) is 2.84. The summed E-state index contributed by atoms with van der Waals surface area (Å²) in [6.07, 6.45) is 9.25. The minimum absolute atomic E-state index is 0.389. The first kappa shape index (κ1) is 13.2. The van der Waals surface area contributed by atoms with E-state index in [0.29, 0.717) is 5.41 Å². The molecule has 2 N–H and O–H groups in total. The fraction of sp³-hybridized carbons (Fsp3) is 0.611. The molecule has 3 heteroatoms. The molecule has 1 aromatic carbocycles. The van der Waals surface area contributed by atoms with Crippen molar-refractivity contribution in [2.24, 2.45) is 17.8 Å². The van der Waals surface area contributed by atoms with Crippen LogP contribution in [0.4, 0.5) is 11.4 Å². The van der Waals surface area contributed by atoms with Gasteiger partial charge < -0.3 is 10.6 Å². The molecule has 0 aromatic heterocycles. The molecule has 3 nitrogen and oxygen atoms in total. The van der Waals surface area contributed by atoms with Crippen LogP contribution in [0.5, 0.6) is 0 Å². The van der Waals surface area contributed by atoms with Crippen LogP contribution in [-0.4, -0.2) is 13.5 Å². The lowest BCUT2D eigenvalue weighted by molar-refractivity contribution is -0.105. The van der Waals surface area contributed by atoms with Crippen molar-refractivity contribution >= 4 is 17.8 Å². The summed E-state index contributed by atoms with van der Waals surface area (Å²) in [6.45, 7) is 0. The summed E-state index contributed by atoms with van der Waals surface area (Å²) in [4.78, 5) is 10.9. The largest absolute Gasteiger partial charge is 0.386 e. The second-order valence-electron chi connectivity index (χ2n) is 7.47. The zero-order chi connectivity index (χ0) is 14.4. The van der Waals surface area contributed by atoms with Gasteiger partial charge in [-0.3, -0.25) is 4.79 Å². The van der Waals surface area contributed by atoms with E-state index in [2.05, 4.69) is 28.8 Å². The number of benzene rings is 1. The number of nitrogens with one attached hydrogen (secondary N) is 2. The zero-order valence-corrected chi connectivity index (χ0v) is 12.7. The zero-order valence-electron chi connectivity index (χ0n) is 12.7. The molecule has 0 atom stereocenters. The van der Waals surface area contributed by atoms with Crippen LogP contribution in [0.15, 0.2) is 18.2 Å². The third-order valence-corrected chi connectivity index (χ3v) is 6.15. The van der Waals surface area contributed by atoms with E-state index in [1.807, 2.05) is 7.05 Å². The molecule has 0 spiro atoms. The van der Waals surface area contributed by atoms with Gasteiger partial charge in [0.1, 0.15) is 0 Å². The number of carbonyl (C=O) groups excluding carboxylic acids is 1. The molecule has 21 heavy (non-hydrogen) atoms. The molecule has 4 bridgehead atoms. The van der Waals surface area contributed by atoms with Crippen molar-refractivity contribution < 1.29 is 4.79 Å². The van der Waals surface area contributed by atoms with Crippen LogP contribution in [0, 0.1) is 17.8 Å². The SMILES string of the molecule is CNc1ccc(C23CC4CC(CC(C4)C2)C3)cc1NC=O. The topological polar surface area (TPSA) is 41.1 Å². The maximum absolute atomic E-state index is 10.9. The summed E-state index contributed by atoms with van der Waals surface area (Å²) >= 11 is 0. The van der Waals surface area contributed by atoms with Crippen LogP contribution in [-0.2, 0) is 10.2 Å². The first-order chi connectivity index (χ1) is 10.2. The number of amides is 1. The van der Waals surface area contributed by atoms with Gasteiger partial charge in [-0.15, -0.1) is 0 Å². The lowest BCUT2D eigenvalue weighted by atomic mass is 9.48. The van der Waals surface area contributed by atoms with Crippen molar-refractivity contribution in [2.75, 3.05) is 17.7 Å². The normalized spacial score (nSPS) is 36.5. The van der Waals surface area contributed by atoms with Crippen molar-refractivity contribution in [1.29, 1.82) is 0 Å². The smallest absolute Gasteiger partial charge is 0.211 e. The van der Waals surface area contributed by atoms with Gasteiger partial charge in [-0.1, -0.05) is 6.07 Å². The van der Waals surface area contributed by atoms with Gasteiger partial charge in [0, 0.05) is 7.05 Å². The van der Waals surface area contributed by atoms with E-state index in [1.54, 1.807) is 0 Å². The fourth-order valence-electron chi connectivity index (χ4n) is 5.74. The fourth-order valence-corrected chi connectivity index (χ4v) is 5.74. The Balaban J connectivity index is 1.72. The predicted octanol–water partition coefficient (Wildman–Crippen LogP) is 3.76. The van der Waals surface area contributed by atoms with Gasteiger partial charge in [0.2, 0.25) is 6.41 Å². The van der Waals surface area contributed by atoms with Gasteiger partial charge >= 0.3 is 0 Å². The van der Waals surface area contributed by atoms with Crippen molar-refractivity contribution in [3.8, 4) is 0 Å². The predicted molar refractivity (Wildman–Crippen MR) is 85.5 cm³/mol. The Morgan fingerprint density at radius 3 is 2.19 bits per heavy atom. The molecular weight excluding hydrogens is 260 g/mol. The average Bonchev–Trinajstić information content (AvgIpc) is 2.46. The molecule has 4 saturated carbocycles. The molecule has 0 radical (unpaired) electrons. The summed E-state index contributed by atoms with van der Waals surface area (Å²) in [5, 5.41) is 6.02. The Kier molecular flexibility index (Phi) is 2.98. The van der Waals surface area contributed by atoms with Gasteiger partial charge in [0.05, 0.1) is 11.4 Å².